The van der Waals surface area contributed by atoms with Gasteiger partial charge >= 0.3 is 0 Å². The minimum atomic E-state index is -1.16. The summed E-state index contributed by atoms with van der Waals surface area (Å²) in [5.74, 6) is -3.14. The molecule has 2 nitrogen and oxygen atoms in total. The fraction of sp³-hybridized carbons (Fsp3) is 0.125. The van der Waals surface area contributed by atoms with Gasteiger partial charge in [-0.25, -0.2) is 8.78 Å². The van der Waals surface area contributed by atoms with E-state index >= 15 is 0 Å². The lowest BCUT2D eigenvalue weighted by Crippen LogP contribution is -2.14. The van der Waals surface area contributed by atoms with Gasteiger partial charge < -0.3 is 5.73 Å². The molecule has 1 rings (SSSR count). The number of nitrogens with two attached hydrogens (primary N) is 1. The highest BCUT2D eigenvalue weighted by molar-refractivity contribution is 6.31. The van der Waals surface area contributed by atoms with Gasteiger partial charge in [0.2, 0.25) is 5.91 Å². The van der Waals surface area contributed by atoms with Crippen molar-refractivity contribution in [3.8, 4) is 0 Å². The fourth-order valence-corrected chi connectivity index (χ4v) is 1.13. The maximum absolute atomic E-state index is 12.9. The van der Waals surface area contributed by atoms with Crippen LogP contribution < -0.4 is 5.73 Å². The summed E-state index contributed by atoms with van der Waals surface area (Å²) in [6.45, 7) is 1.26. The Morgan fingerprint density at radius 2 is 2.00 bits per heavy atom. The van der Waals surface area contributed by atoms with E-state index in [0.717, 1.165) is 6.07 Å². The maximum atomic E-state index is 12.9. The van der Waals surface area contributed by atoms with Crippen LogP contribution in [0.4, 0.5) is 8.78 Å². The highest BCUT2D eigenvalue weighted by Crippen LogP contribution is 2.23. The van der Waals surface area contributed by atoms with E-state index < -0.39 is 22.6 Å². The molecule has 1 amide bonds. The molecule has 0 fully saturated rings. The van der Waals surface area contributed by atoms with Crippen molar-refractivity contribution in [2.45, 2.75) is 6.92 Å². The quantitative estimate of drug-likeness (QED) is 0.701. The molecule has 0 heterocycles. The lowest BCUT2D eigenvalue weighted by atomic mass is 10.1. The Kier molecular flexibility index (Phi) is 2.52. The smallest absolute Gasteiger partial charge is 0.249 e. The van der Waals surface area contributed by atoms with E-state index in [-0.39, 0.29) is 11.1 Å². The van der Waals surface area contributed by atoms with E-state index in [4.69, 9.17) is 17.3 Å². The Morgan fingerprint density at radius 3 is 2.46 bits per heavy atom. The standard InChI is InChI=1S/C8H6ClF2NO/c1-3-4(8(12)13)2-5(9)7(11)6(3)10/h2H,1H3,(H2,12,13). The lowest BCUT2D eigenvalue weighted by Gasteiger charge is -2.04. The number of benzene rings is 1. The Hall–Kier alpha value is -1.16. The Balaban J connectivity index is 3.50. The first-order chi connectivity index (χ1) is 5.95. The lowest BCUT2D eigenvalue weighted by molar-refractivity contribution is 0.0999. The first kappa shape index (κ1) is 9.92. The summed E-state index contributed by atoms with van der Waals surface area (Å²) >= 11 is 5.31. The van der Waals surface area contributed by atoms with Gasteiger partial charge in [-0.15, -0.1) is 0 Å². The van der Waals surface area contributed by atoms with Gasteiger partial charge in [-0.2, -0.15) is 0 Å². The number of hydrogen-bond acceptors (Lipinski definition) is 1. The zero-order valence-electron chi connectivity index (χ0n) is 6.70. The predicted octanol–water partition coefficient (Wildman–Crippen LogP) is 2.03. The average Bonchev–Trinajstić information content (AvgIpc) is 2.07. The van der Waals surface area contributed by atoms with E-state index in [1.54, 1.807) is 0 Å². The minimum Gasteiger partial charge on any atom is -0.366 e. The average molecular weight is 206 g/mol. The summed E-state index contributed by atoms with van der Waals surface area (Å²) in [6.07, 6.45) is 0. The van der Waals surface area contributed by atoms with Gasteiger partial charge in [-0.3, -0.25) is 4.79 Å². The van der Waals surface area contributed by atoms with E-state index in [0.29, 0.717) is 0 Å². The zero-order valence-corrected chi connectivity index (χ0v) is 7.45. The van der Waals surface area contributed by atoms with Crippen molar-refractivity contribution in [1.82, 2.24) is 0 Å². The molecule has 0 saturated carbocycles. The Labute approximate surface area is 78.3 Å². The Bertz CT molecular complexity index is 379. The van der Waals surface area contributed by atoms with E-state index in [9.17, 15) is 13.6 Å². The molecule has 0 aromatic heterocycles. The highest BCUT2D eigenvalue weighted by atomic mass is 35.5. The summed E-state index contributed by atoms with van der Waals surface area (Å²) in [5, 5.41) is -0.447. The van der Waals surface area contributed by atoms with Crippen LogP contribution in [0, 0.1) is 18.6 Å². The molecular weight excluding hydrogens is 200 g/mol. The van der Waals surface area contributed by atoms with Gasteiger partial charge in [-0.1, -0.05) is 11.6 Å². The van der Waals surface area contributed by atoms with Crippen LogP contribution in [0.25, 0.3) is 0 Å². The van der Waals surface area contributed by atoms with Crippen molar-refractivity contribution in [3.05, 3.63) is 33.9 Å². The van der Waals surface area contributed by atoms with Crippen LogP contribution in [0.15, 0.2) is 6.07 Å². The molecule has 0 spiro atoms. The van der Waals surface area contributed by atoms with Crippen LogP contribution >= 0.6 is 11.6 Å². The van der Waals surface area contributed by atoms with Crippen LogP contribution in [-0.2, 0) is 0 Å². The topological polar surface area (TPSA) is 43.1 Å². The molecule has 1 aromatic rings. The molecule has 0 unspecified atom stereocenters. The van der Waals surface area contributed by atoms with Crippen LogP contribution in [0.3, 0.4) is 0 Å². The molecule has 5 heteroatoms. The largest absolute Gasteiger partial charge is 0.366 e. The first-order valence-corrected chi connectivity index (χ1v) is 3.77. The second kappa shape index (κ2) is 3.30. The summed E-state index contributed by atoms with van der Waals surface area (Å²) in [7, 11) is 0. The van der Waals surface area contributed by atoms with E-state index in [2.05, 4.69) is 0 Å². The van der Waals surface area contributed by atoms with Crippen molar-refractivity contribution in [1.29, 1.82) is 0 Å². The van der Waals surface area contributed by atoms with Crippen LogP contribution in [0.1, 0.15) is 15.9 Å². The number of primary amides is 1. The predicted molar refractivity (Wildman–Crippen MR) is 44.6 cm³/mol. The van der Waals surface area contributed by atoms with Gasteiger partial charge in [-0.05, 0) is 13.0 Å². The molecule has 0 aliphatic heterocycles. The zero-order chi connectivity index (χ0) is 10.2. The van der Waals surface area contributed by atoms with Crippen LogP contribution in [-0.4, -0.2) is 5.91 Å². The normalized spacial score (nSPS) is 10.2. The summed E-state index contributed by atoms with van der Waals surface area (Å²) < 4.78 is 25.7. The molecule has 0 atom stereocenters. The van der Waals surface area contributed by atoms with Gasteiger partial charge in [0.1, 0.15) is 0 Å². The summed E-state index contributed by atoms with van der Waals surface area (Å²) in [4.78, 5) is 10.7. The van der Waals surface area contributed by atoms with Crippen molar-refractivity contribution < 1.29 is 13.6 Å². The van der Waals surface area contributed by atoms with Crippen LogP contribution in [0.5, 0.6) is 0 Å². The number of carbonyl (C=O) groups is 1. The monoisotopic (exact) mass is 205 g/mol. The van der Waals surface area contributed by atoms with Gasteiger partial charge in [0.15, 0.2) is 11.6 Å². The Morgan fingerprint density at radius 1 is 1.46 bits per heavy atom. The summed E-state index contributed by atoms with van der Waals surface area (Å²) in [6, 6.07) is 1.01. The fourth-order valence-electron chi connectivity index (χ4n) is 0.942. The third kappa shape index (κ3) is 1.62. The molecule has 0 aliphatic rings. The third-order valence-corrected chi connectivity index (χ3v) is 1.95. The molecular formula is C8H6ClF2NO. The van der Waals surface area contributed by atoms with Gasteiger partial charge in [0.05, 0.1) is 5.02 Å². The minimum absolute atomic E-state index is 0.107. The third-order valence-electron chi connectivity index (χ3n) is 1.67. The number of halogens is 3. The van der Waals surface area contributed by atoms with Crippen molar-refractivity contribution in [3.63, 3.8) is 0 Å². The molecule has 1 aromatic carbocycles. The van der Waals surface area contributed by atoms with Gasteiger partial charge in [0, 0.05) is 11.1 Å². The molecule has 70 valence electrons. The van der Waals surface area contributed by atoms with Gasteiger partial charge in [0.25, 0.3) is 0 Å². The number of rotatable bonds is 1. The highest BCUT2D eigenvalue weighted by Gasteiger charge is 2.16. The number of carbonyl (C=O) groups excluding carboxylic acids is 1. The SMILES string of the molecule is Cc1c(C(N)=O)cc(Cl)c(F)c1F. The second-order valence-electron chi connectivity index (χ2n) is 2.52. The summed E-state index contributed by atoms with van der Waals surface area (Å²) in [5.41, 5.74) is 4.68. The first-order valence-electron chi connectivity index (χ1n) is 3.39. The molecule has 0 aliphatic carbocycles. The maximum Gasteiger partial charge on any atom is 0.249 e. The second-order valence-corrected chi connectivity index (χ2v) is 2.93. The van der Waals surface area contributed by atoms with Crippen molar-refractivity contribution in [2.75, 3.05) is 0 Å². The number of hydrogen-bond donors (Lipinski definition) is 1. The van der Waals surface area contributed by atoms with Crippen LogP contribution in [0.2, 0.25) is 5.02 Å². The van der Waals surface area contributed by atoms with Crippen molar-refractivity contribution >= 4 is 17.5 Å². The number of amides is 1. The molecule has 13 heavy (non-hydrogen) atoms. The molecule has 2 N–H and O–H groups in total. The molecule has 0 bridgehead atoms. The van der Waals surface area contributed by atoms with E-state index in [1.165, 1.54) is 6.92 Å². The van der Waals surface area contributed by atoms with E-state index in [1.807, 2.05) is 0 Å². The molecule has 0 saturated heterocycles. The van der Waals surface area contributed by atoms with Crippen molar-refractivity contribution in [2.24, 2.45) is 5.73 Å². The molecule has 0 radical (unpaired) electrons.